The Kier molecular flexibility index (Phi) is 7.60. The number of aliphatic hydroxyl groups is 1. The number of nitrogens with zero attached hydrogens (tertiary/aromatic N) is 2. The van der Waals surface area contributed by atoms with Gasteiger partial charge in [0.05, 0.1) is 34.3 Å². The molecule has 1 aliphatic rings. The lowest BCUT2D eigenvalue weighted by molar-refractivity contribution is -0.137. The molecule has 37 heavy (non-hydrogen) atoms. The summed E-state index contributed by atoms with van der Waals surface area (Å²) in [6.45, 7) is 3.58. The molecule has 1 heterocycles. The number of thiocarbonyl (C=S) groups is 1. The van der Waals surface area contributed by atoms with Crippen LogP contribution in [0.1, 0.15) is 42.7 Å². The molecular weight excluding hydrogens is 528 g/mol. The smallest absolute Gasteiger partial charge is 0.387 e. The Labute approximate surface area is 222 Å². The number of alkyl halides is 3. The lowest BCUT2D eigenvalue weighted by Gasteiger charge is -2.49. The van der Waals surface area contributed by atoms with Gasteiger partial charge in [0.25, 0.3) is 0 Å². The van der Waals surface area contributed by atoms with Crippen molar-refractivity contribution in [2.75, 3.05) is 4.90 Å². The summed E-state index contributed by atoms with van der Waals surface area (Å²) in [5, 5.41) is 10.8. The van der Waals surface area contributed by atoms with Crippen molar-refractivity contribution < 1.29 is 27.5 Å². The van der Waals surface area contributed by atoms with Crippen LogP contribution in [0.2, 0.25) is 5.02 Å². The van der Waals surface area contributed by atoms with Crippen molar-refractivity contribution in [2.45, 2.75) is 38.2 Å². The van der Waals surface area contributed by atoms with E-state index in [1.165, 1.54) is 18.2 Å². The average molecular weight is 551 g/mol. The first kappa shape index (κ1) is 27.0. The van der Waals surface area contributed by atoms with Crippen LogP contribution in [-0.4, -0.2) is 27.1 Å². The Bertz CT molecular complexity index is 1300. The maximum absolute atomic E-state index is 13.8. The van der Waals surface area contributed by atoms with Crippen molar-refractivity contribution in [1.82, 2.24) is 4.90 Å². The summed E-state index contributed by atoms with van der Waals surface area (Å²) in [6, 6.07) is 16.4. The zero-order valence-electron chi connectivity index (χ0n) is 19.8. The fourth-order valence-electron chi connectivity index (χ4n) is 4.70. The van der Waals surface area contributed by atoms with Crippen LogP contribution >= 0.6 is 23.8 Å². The number of aliphatic hydroxyl groups excluding tert-OH is 1. The van der Waals surface area contributed by atoms with Gasteiger partial charge in [-0.05, 0) is 67.5 Å². The molecule has 1 N–H and O–H groups in total. The summed E-state index contributed by atoms with van der Waals surface area (Å²) in [5.74, 6) is -2.32. The van der Waals surface area contributed by atoms with Gasteiger partial charge in [0, 0.05) is 6.04 Å². The van der Waals surface area contributed by atoms with E-state index in [9.17, 15) is 27.5 Å². The van der Waals surface area contributed by atoms with Gasteiger partial charge in [-0.3, -0.25) is 9.69 Å². The van der Waals surface area contributed by atoms with Gasteiger partial charge in [-0.15, -0.1) is 0 Å². The zero-order chi connectivity index (χ0) is 27.1. The number of hydrogen-bond donors (Lipinski definition) is 1. The Morgan fingerprint density at radius 1 is 1.00 bits per heavy atom. The number of carbonyl (C=O) groups excluding carboxylic acids is 1. The van der Waals surface area contributed by atoms with Crippen LogP contribution < -0.4 is 4.90 Å². The van der Waals surface area contributed by atoms with Crippen LogP contribution in [-0.2, 0) is 11.0 Å². The largest absolute Gasteiger partial charge is 0.417 e. The van der Waals surface area contributed by atoms with Gasteiger partial charge < -0.3 is 10.0 Å². The molecule has 0 aliphatic carbocycles. The molecular formula is C27H23ClF4N2O2S. The lowest BCUT2D eigenvalue weighted by atomic mass is 9.85. The van der Waals surface area contributed by atoms with E-state index in [0.717, 1.165) is 34.7 Å². The Hall–Kier alpha value is -3.01. The molecule has 3 aromatic carbocycles. The molecule has 0 aromatic heterocycles. The van der Waals surface area contributed by atoms with Crippen LogP contribution in [0.15, 0.2) is 72.8 Å². The van der Waals surface area contributed by atoms with E-state index in [1.54, 1.807) is 11.8 Å². The highest BCUT2D eigenvalue weighted by atomic mass is 35.5. The monoisotopic (exact) mass is 550 g/mol. The van der Waals surface area contributed by atoms with Gasteiger partial charge in [0.1, 0.15) is 5.82 Å². The van der Waals surface area contributed by atoms with E-state index in [-0.39, 0.29) is 10.8 Å². The molecule has 194 valence electrons. The number of anilines is 1. The summed E-state index contributed by atoms with van der Waals surface area (Å²) in [7, 11) is 0. The second kappa shape index (κ2) is 10.4. The molecule has 0 bridgehead atoms. The first-order valence-electron chi connectivity index (χ1n) is 11.4. The minimum atomic E-state index is -4.76. The standard InChI is InChI=1S/C27H23ClF4N2O2S/c1-15(17-6-4-3-5-7-17)33-16(2)23(24(35)18-8-10-19(29)11-9-18)25(36)34(26(33)37)20-12-13-22(28)21(14-20)27(30,31)32/h3-16,23-24,35H,1-2H3/t15-,16+,23-,24-/m0/s1. The van der Waals surface area contributed by atoms with Gasteiger partial charge in [-0.1, -0.05) is 54.1 Å². The van der Waals surface area contributed by atoms with E-state index in [1.807, 2.05) is 37.3 Å². The highest BCUT2D eigenvalue weighted by Gasteiger charge is 2.48. The molecule has 4 rings (SSSR count). The summed E-state index contributed by atoms with van der Waals surface area (Å²) in [4.78, 5) is 16.6. The van der Waals surface area contributed by atoms with Crippen molar-refractivity contribution in [3.8, 4) is 0 Å². The van der Waals surface area contributed by atoms with Gasteiger partial charge in [-0.2, -0.15) is 13.2 Å². The number of amides is 1. The second-order valence-corrected chi connectivity index (χ2v) is 9.65. The molecule has 0 saturated carbocycles. The number of halogens is 5. The first-order chi connectivity index (χ1) is 17.4. The summed E-state index contributed by atoms with van der Waals surface area (Å²) in [5.41, 5.74) is -0.0914. The number of carbonyl (C=O) groups is 1. The highest BCUT2D eigenvalue weighted by molar-refractivity contribution is 7.80. The first-order valence-corrected chi connectivity index (χ1v) is 12.2. The molecule has 10 heteroatoms. The summed E-state index contributed by atoms with van der Waals surface area (Å²) >= 11 is 11.5. The molecule has 4 atom stereocenters. The molecule has 0 radical (unpaired) electrons. The molecule has 1 aliphatic heterocycles. The fourth-order valence-corrected chi connectivity index (χ4v) is 5.44. The Morgan fingerprint density at radius 3 is 2.22 bits per heavy atom. The van der Waals surface area contributed by atoms with Crippen molar-refractivity contribution in [3.05, 3.63) is 100 Å². The minimum Gasteiger partial charge on any atom is -0.387 e. The summed E-state index contributed by atoms with van der Waals surface area (Å²) in [6.07, 6.45) is -6.14. The Balaban J connectivity index is 1.84. The van der Waals surface area contributed by atoms with Crippen LogP contribution in [0.25, 0.3) is 0 Å². The SMILES string of the molecule is C[C@@H]1[C@@H]([C@@H](O)c2ccc(F)cc2)C(=O)N(c2ccc(Cl)c(C(F)(F)F)c2)C(=S)N1[C@@H](C)c1ccccc1. The average Bonchev–Trinajstić information content (AvgIpc) is 2.85. The third-order valence-corrected chi connectivity index (χ3v) is 7.36. The molecule has 1 amide bonds. The quantitative estimate of drug-likeness (QED) is 0.276. The van der Waals surface area contributed by atoms with Gasteiger partial charge in [0.2, 0.25) is 5.91 Å². The van der Waals surface area contributed by atoms with Crippen LogP contribution in [0, 0.1) is 11.7 Å². The molecule has 0 spiro atoms. The van der Waals surface area contributed by atoms with Gasteiger partial charge >= 0.3 is 6.18 Å². The third-order valence-electron chi connectivity index (χ3n) is 6.64. The fraction of sp³-hybridized carbons (Fsp3) is 0.259. The van der Waals surface area contributed by atoms with Crippen LogP contribution in [0.5, 0.6) is 0 Å². The maximum Gasteiger partial charge on any atom is 0.417 e. The van der Waals surface area contributed by atoms with E-state index >= 15 is 0 Å². The predicted octanol–water partition coefficient (Wildman–Crippen LogP) is 6.93. The van der Waals surface area contributed by atoms with Crippen molar-refractivity contribution in [2.24, 2.45) is 5.92 Å². The van der Waals surface area contributed by atoms with Gasteiger partial charge in [0.15, 0.2) is 5.11 Å². The third kappa shape index (κ3) is 5.21. The Morgan fingerprint density at radius 2 is 1.62 bits per heavy atom. The molecule has 4 nitrogen and oxygen atoms in total. The van der Waals surface area contributed by atoms with Crippen molar-refractivity contribution >= 4 is 40.5 Å². The minimum absolute atomic E-state index is 0.00754. The van der Waals surface area contributed by atoms with E-state index in [2.05, 4.69) is 0 Å². The number of hydrogen-bond acceptors (Lipinski definition) is 3. The summed E-state index contributed by atoms with van der Waals surface area (Å²) < 4.78 is 54.4. The van der Waals surface area contributed by atoms with E-state index < -0.39 is 52.6 Å². The molecule has 1 fully saturated rings. The van der Waals surface area contributed by atoms with Crippen molar-refractivity contribution in [3.63, 3.8) is 0 Å². The zero-order valence-corrected chi connectivity index (χ0v) is 21.4. The van der Waals surface area contributed by atoms with E-state index in [0.29, 0.717) is 5.56 Å². The van der Waals surface area contributed by atoms with Crippen LogP contribution in [0.3, 0.4) is 0 Å². The molecule has 1 saturated heterocycles. The van der Waals surface area contributed by atoms with Gasteiger partial charge in [-0.25, -0.2) is 4.39 Å². The normalized spacial score (nSPS) is 20.2. The van der Waals surface area contributed by atoms with Crippen molar-refractivity contribution in [1.29, 1.82) is 0 Å². The second-order valence-electron chi connectivity index (χ2n) is 8.87. The van der Waals surface area contributed by atoms with E-state index in [4.69, 9.17) is 23.8 Å². The highest BCUT2D eigenvalue weighted by Crippen LogP contribution is 2.42. The predicted molar refractivity (Wildman–Crippen MR) is 138 cm³/mol. The molecule has 0 unspecified atom stereocenters. The number of benzene rings is 3. The lowest BCUT2D eigenvalue weighted by Crippen LogP contribution is -2.62. The topological polar surface area (TPSA) is 43.8 Å². The maximum atomic E-state index is 13.8. The number of rotatable bonds is 5. The molecule has 3 aromatic rings. The van der Waals surface area contributed by atoms with Crippen LogP contribution in [0.4, 0.5) is 23.2 Å².